The molecule has 2 aliphatic heterocycles. The highest BCUT2D eigenvalue weighted by molar-refractivity contribution is 7.04. The first-order valence-electron chi connectivity index (χ1n) is 19.0. The monoisotopic (exact) mass is 725 g/mol. The number of nitrogens with zero attached hydrogens (tertiary/aromatic N) is 1. The summed E-state index contributed by atoms with van der Waals surface area (Å²) in [7, 11) is -3.86. The normalized spacial score (nSPS) is 14.6. The van der Waals surface area contributed by atoms with E-state index >= 15 is 0 Å². The molecule has 0 N–H and O–H groups in total. The smallest absolute Gasteiger partial charge is 0.136 e. The predicted octanol–water partition coefficient (Wildman–Crippen LogP) is 11.5. The topological polar surface area (TPSA) is 16.4 Å². The second kappa shape index (κ2) is 11.3. The number of fused-ring (bicyclic) bond motifs is 11. The Hall–Kier alpha value is -5.95. The molecule has 8 aromatic carbocycles. The zero-order chi connectivity index (χ0) is 36.3. The summed E-state index contributed by atoms with van der Waals surface area (Å²) >= 11 is 0. The first kappa shape index (κ1) is 31.6. The lowest BCUT2D eigenvalue weighted by molar-refractivity contribution is 0.669. The van der Waals surface area contributed by atoms with Crippen LogP contribution in [0.4, 0.5) is 17.1 Å². The number of anilines is 3. The minimum absolute atomic E-state index is 0.952. The van der Waals surface area contributed by atoms with Crippen LogP contribution in [-0.2, 0) is 0 Å². The van der Waals surface area contributed by atoms with Gasteiger partial charge in [-0.3, -0.25) is 0 Å². The highest BCUT2D eigenvalue weighted by atomic mass is 28.3. The third-order valence-corrected chi connectivity index (χ3v) is 19.6. The summed E-state index contributed by atoms with van der Waals surface area (Å²) in [6, 6.07) is 61.1. The van der Waals surface area contributed by atoms with Gasteiger partial charge in [0.1, 0.15) is 27.3 Å². The average molecular weight is 726 g/mol. The van der Waals surface area contributed by atoms with Crippen LogP contribution in [0, 0.1) is 0 Å². The van der Waals surface area contributed by atoms with E-state index < -0.39 is 16.1 Å². The summed E-state index contributed by atoms with van der Waals surface area (Å²) in [5.41, 5.74) is 13.4. The number of hydrogen-bond donors (Lipinski definition) is 0. The lowest BCUT2D eigenvalue weighted by Crippen LogP contribution is -2.49. The Bertz CT molecular complexity index is 3000. The molecule has 2 aliphatic rings. The fourth-order valence-corrected chi connectivity index (χ4v) is 15.9. The molecule has 258 valence electrons. The molecule has 0 atom stereocenters. The maximum atomic E-state index is 6.39. The van der Waals surface area contributed by atoms with Crippen LogP contribution in [0.3, 0.4) is 0 Å². The molecular formula is C50H39NOSi2. The molecule has 0 saturated heterocycles. The first-order chi connectivity index (χ1) is 26.3. The van der Waals surface area contributed by atoms with Gasteiger partial charge in [0.25, 0.3) is 0 Å². The summed E-state index contributed by atoms with van der Waals surface area (Å²) < 4.78 is 6.39. The number of benzene rings is 8. The standard InChI is InChI=1S/C50H39NOSi2/c1-53(2)45-19-10-8-15-39(45)42-30-35(25-28-46(42)53)51(34-22-20-33(21-23-34)38-17-11-13-32-12-5-6-14-37(32)38)36-24-26-41-48(31-36)54(3,4)47-29-27-44-49(50(41)47)40-16-7-9-18-43(40)52-44/h5-31H,1-4H3. The third kappa shape index (κ3) is 4.38. The second-order valence-corrected chi connectivity index (χ2v) is 24.8. The van der Waals surface area contributed by atoms with Crippen molar-refractivity contribution in [1.82, 2.24) is 0 Å². The Balaban J connectivity index is 1.10. The van der Waals surface area contributed by atoms with Crippen LogP contribution >= 0.6 is 0 Å². The SMILES string of the molecule is C[Si]1(C)c2ccccc2-c2cc(N(c3ccc(-c4cccc5ccccc45)cc3)c3ccc4c(c3)[Si](C)(C)c3ccc5oc6ccccc6c5c3-4)ccc21. The minimum atomic E-state index is -2.06. The van der Waals surface area contributed by atoms with E-state index in [2.05, 4.69) is 195 Å². The summed E-state index contributed by atoms with van der Waals surface area (Å²) in [6.45, 7) is 10.0. The molecule has 0 bridgehead atoms. The summed E-state index contributed by atoms with van der Waals surface area (Å²) in [5.74, 6) is 0. The van der Waals surface area contributed by atoms with Crippen LogP contribution in [0.1, 0.15) is 0 Å². The number of furan rings is 1. The van der Waals surface area contributed by atoms with Crippen LogP contribution in [0.2, 0.25) is 26.2 Å². The Kier molecular flexibility index (Phi) is 6.60. The van der Waals surface area contributed by atoms with Gasteiger partial charge in [0, 0.05) is 27.8 Å². The molecule has 0 fully saturated rings. The largest absolute Gasteiger partial charge is 0.456 e. The third-order valence-electron chi connectivity index (χ3n) is 12.5. The van der Waals surface area contributed by atoms with Crippen molar-refractivity contribution in [2.24, 2.45) is 0 Å². The minimum Gasteiger partial charge on any atom is -0.456 e. The Morgan fingerprint density at radius 1 is 0.407 bits per heavy atom. The summed E-state index contributed by atoms with van der Waals surface area (Å²) in [6.07, 6.45) is 0. The molecule has 1 aromatic heterocycles. The number of hydrogen-bond acceptors (Lipinski definition) is 2. The number of para-hydroxylation sites is 1. The van der Waals surface area contributed by atoms with Crippen LogP contribution in [-0.4, -0.2) is 16.1 Å². The average Bonchev–Trinajstić information content (AvgIpc) is 3.77. The van der Waals surface area contributed by atoms with E-state index in [-0.39, 0.29) is 0 Å². The number of rotatable bonds is 4. The van der Waals surface area contributed by atoms with E-state index in [1.165, 1.54) is 87.0 Å². The maximum absolute atomic E-state index is 6.39. The Morgan fingerprint density at radius 2 is 1.04 bits per heavy atom. The first-order valence-corrected chi connectivity index (χ1v) is 25.0. The van der Waals surface area contributed by atoms with E-state index in [0.717, 1.165) is 16.9 Å². The molecular weight excluding hydrogens is 687 g/mol. The van der Waals surface area contributed by atoms with Crippen molar-refractivity contribution in [1.29, 1.82) is 0 Å². The zero-order valence-corrected chi connectivity index (χ0v) is 32.9. The van der Waals surface area contributed by atoms with E-state index in [0.29, 0.717) is 0 Å². The van der Waals surface area contributed by atoms with E-state index in [1.807, 2.05) is 0 Å². The summed E-state index contributed by atoms with van der Waals surface area (Å²) in [5, 5.41) is 11.0. The lowest BCUT2D eigenvalue weighted by Gasteiger charge is -2.28. The van der Waals surface area contributed by atoms with Gasteiger partial charge in [-0.1, -0.05) is 141 Å². The van der Waals surface area contributed by atoms with Gasteiger partial charge in [0.2, 0.25) is 0 Å². The van der Waals surface area contributed by atoms with Crippen molar-refractivity contribution >= 4 is 86.7 Å². The van der Waals surface area contributed by atoms with Crippen molar-refractivity contribution in [2.45, 2.75) is 26.2 Å². The van der Waals surface area contributed by atoms with Crippen molar-refractivity contribution in [3.63, 3.8) is 0 Å². The van der Waals surface area contributed by atoms with Crippen LogP contribution in [0.5, 0.6) is 0 Å². The van der Waals surface area contributed by atoms with Crippen molar-refractivity contribution in [2.75, 3.05) is 4.90 Å². The maximum Gasteiger partial charge on any atom is 0.136 e. The molecule has 4 heteroatoms. The van der Waals surface area contributed by atoms with Crippen LogP contribution in [0.15, 0.2) is 168 Å². The molecule has 0 amide bonds. The van der Waals surface area contributed by atoms with Gasteiger partial charge in [-0.15, -0.1) is 0 Å². The molecule has 0 radical (unpaired) electrons. The van der Waals surface area contributed by atoms with Crippen molar-refractivity contribution < 1.29 is 4.42 Å². The highest BCUT2D eigenvalue weighted by Crippen LogP contribution is 2.43. The lowest BCUT2D eigenvalue weighted by atomic mass is 9.97. The van der Waals surface area contributed by atoms with Gasteiger partial charge >= 0.3 is 0 Å². The fraction of sp³-hybridized carbons (Fsp3) is 0.0800. The van der Waals surface area contributed by atoms with Crippen molar-refractivity contribution in [3.8, 4) is 33.4 Å². The fourth-order valence-electron chi connectivity index (χ4n) is 9.73. The Morgan fingerprint density at radius 3 is 1.91 bits per heavy atom. The molecule has 0 unspecified atom stereocenters. The van der Waals surface area contributed by atoms with E-state index in [9.17, 15) is 0 Å². The quantitative estimate of drug-likeness (QED) is 0.168. The van der Waals surface area contributed by atoms with Gasteiger partial charge in [-0.25, -0.2) is 0 Å². The molecule has 0 aliphatic carbocycles. The molecule has 9 aromatic rings. The molecule has 2 nitrogen and oxygen atoms in total. The van der Waals surface area contributed by atoms with Gasteiger partial charge < -0.3 is 9.32 Å². The summed E-state index contributed by atoms with van der Waals surface area (Å²) in [4.78, 5) is 2.49. The van der Waals surface area contributed by atoms with Crippen molar-refractivity contribution in [3.05, 3.63) is 164 Å². The molecule has 54 heavy (non-hydrogen) atoms. The molecule has 0 saturated carbocycles. The van der Waals surface area contributed by atoms with Gasteiger partial charge in [0.05, 0.1) is 0 Å². The zero-order valence-electron chi connectivity index (χ0n) is 30.9. The van der Waals surface area contributed by atoms with E-state index in [1.54, 1.807) is 0 Å². The molecule has 11 rings (SSSR count). The predicted molar refractivity (Wildman–Crippen MR) is 236 cm³/mol. The van der Waals surface area contributed by atoms with Gasteiger partial charge in [0.15, 0.2) is 0 Å². The second-order valence-electron chi connectivity index (χ2n) is 16.1. The van der Waals surface area contributed by atoms with Gasteiger partial charge in [-0.2, -0.15) is 0 Å². The highest BCUT2D eigenvalue weighted by Gasteiger charge is 2.40. The molecule has 0 spiro atoms. The molecule has 3 heterocycles. The van der Waals surface area contributed by atoms with Crippen LogP contribution < -0.4 is 25.6 Å². The van der Waals surface area contributed by atoms with E-state index in [4.69, 9.17) is 4.42 Å². The Labute approximate surface area is 318 Å². The van der Waals surface area contributed by atoms with Crippen LogP contribution in [0.25, 0.3) is 66.1 Å². The van der Waals surface area contributed by atoms with Gasteiger partial charge in [-0.05, 0) is 113 Å².